The molecule has 0 radical (unpaired) electrons. The van der Waals surface area contributed by atoms with Crippen molar-refractivity contribution in [3.63, 3.8) is 0 Å². The number of rotatable bonds is 7. The number of nitrogens with zero attached hydrogens (tertiary/aromatic N) is 3. The first-order valence-electron chi connectivity index (χ1n) is 9.88. The van der Waals surface area contributed by atoms with Crippen LogP contribution in [0.1, 0.15) is 32.0 Å². The quantitative estimate of drug-likeness (QED) is 0.580. The monoisotopic (exact) mass is 411 g/mol. The average molecular weight is 411 g/mol. The highest BCUT2D eigenvalue weighted by Gasteiger charge is 2.34. The molecule has 4 rings (SSSR count). The molecule has 1 amide bonds. The molecule has 1 aromatic heterocycles. The van der Waals surface area contributed by atoms with E-state index in [9.17, 15) is 9.18 Å². The Morgan fingerprint density at radius 2 is 1.83 bits per heavy atom. The van der Waals surface area contributed by atoms with Gasteiger partial charge in [0.25, 0.3) is 5.89 Å². The van der Waals surface area contributed by atoms with Gasteiger partial charge in [-0.05, 0) is 56.3 Å². The third-order valence-electron chi connectivity index (χ3n) is 4.86. The fraction of sp³-hybridized carbons (Fsp3) is 0.318. The fourth-order valence-corrected chi connectivity index (χ4v) is 3.45. The van der Waals surface area contributed by atoms with Gasteiger partial charge >= 0.3 is 0 Å². The Kier molecular flexibility index (Phi) is 5.65. The molecule has 7 nitrogen and oxygen atoms in total. The van der Waals surface area contributed by atoms with Crippen LogP contribution < -0.4 is 14.4 Å². The van der Waals surface area contributed by atoms with E-state index >= 15 is 0 Å². The molecule has 1 atom stereocenters. The maximum Gasteiger partial charge on any atom is 0.258 e. The van der Waals surface area contributed by atoms with Crippen LogP contribution in [0.5, 0.6) is 11.5 Å². The number of amides is 1. The number of carbonyl (C=O) groups is 1. The van der Waals surface area contributed by atoms with Crippen molar-refractivity contribution < 1.29 is 23.2 Å². The standard InChI is InChI=1S/C22H22FN3O4/c1-3-28-18-10-5-14(11-19(18)29-4-2)22-24-21(25-30-22)15-12-20(27)26(13-15)17-8-6-16(23)7-9-17/h5-11,15H,3-4,12-13H2,1-2H3/t15-/m0/s1. The number of halogens is 1. The molecule has 8 heteroatoms. The molecular formula is C22H22FN3O4. The third-order valence-corrected chi connectivity index (χ3v) is 4.86. The van der Waals surface area contributed by atoms with E-state index in [1.165, 1.54) is 12.1 Å². The van der Waals surface area contributed by atoms with Gasteiger partial charge in [-0.15, -0.1) is 0 Å². The second-order valence-electron chi connectivity index (χ2n) is 6.87. The van der Waals surface area contributed by atoms with E-state index in [1.807, 2.05) is 26.0 Å². The summed E-state index contributed by atoms with van der Waals surface area (Å²) in [5.41, 5.74) is 1.36. The lowest BCUT2D eigenvalue weighted by molar-refractivity contribution is -0.117. The molecule has 30 heavy (non-hydrogen) atoms. The first kappa shape index (κ1) is 19.9. The van der Waals surface area contributed by atoms with Crippen molar-refractivity contribution in [1.29, 1.82) is 0 Å². The maximum absolute atomic E-state index is 13.2. The predicted octanol–water partition coefficient (Wildman–Crippen LogP) is 4.19. The molecule has 1 aliphatic rings. The third kappa shape index (κ3) is 3.98. The number of aromatic nitrogens is 2. The minimum absolute atomic E-state index is 0.0577. The van der Waals surface area contributed by atoms with Crippen LogP contribution in [0.25, 0.3) is 11.5 Å². The number of benzene rings is 2. The molecule has 156 valence electrons. The van der Waals surface area contributed by atoms with Gasteiger partial charge in [0.1, 0.15) is 5.82 Å². The summed E-state index contributed by atoms with van der Waals surface area (Å²) < 4.78 is 29.9. The van der Waals surface area contributed by atoms with Crippen molar-refractivity contribution >= 4 is 11.6 Å². The largest absolute Gasteiger partial charge is 0.490 e. The Morgan fingerprint density at radius 1 is 1.10 bits per heavy atom. The highest BCUT2D eigenvalue weighted by molar-refractivity contribution is 5.96. The Hall–Kier alpha value is -3.42. The number of anilines is 1. The first-order chi connectivity index (χ1) is 14.6. The summed E-state index contributed by atoms with van der Waals surface area (Å²) in [6, 6.07) is 11.3. The van der Waals surface area contributed by atoms with Gasteiger partial charge < -0.3 is 18.9 Å². The van der Waals surface area contributed by atoms with E-state index in [0.29, 0.717) is 54.2 Å². The summed E-state index contributed by atoms with van der Waals surface area (Å²) >= 11 is 0. The SMILES string of the molecule is CCOc1ccc(-c2nc([C@H]3CC(=O)N(c4ccc(F)cc4)C3)no2)cc1OCC. The molecule has 0 spiro atoms. The number of hydrogen-bond acceptors (Lipinski definition) is 6. The minimum atomic E-state index is -0.341. The van der Waals surface area contributed by atoms with E-state index < -0.39 is 0 Å². The van der Waals surface area contributed by atoms with E-state index in [-0.39, 0.29) is 24.1 Å². The maximum atomic E-state index is 13.2. The zero-order valence-electron chi connectivity index (χ0n) is 16.8. The second-order valence-corrected chi connectivity index (χ2v) is 6.87. The summed E-state index contributed by atoms with van der Waals surface area (Å²) in [7, 11) is 0. The Morgan fingerprint density at radius 3 is 2.57 bits per heavy atom. The van der Waals surface area contributed by atoms with Crippen molar-refractivity contribution in [1.82, 2.24) is 10.1 Å². The molecule has 1 aliphatic heterocycles. The first-order valence-corrected chi connectivity index (χ1v) is 9.88. The van der Waals surface area contributed by atoms with Gasteiger partial charge in [0.05, 0.1) is 13.2 Å². The molecule has 2 aromatic carbocycles. The summed E-state index contributed by atoms with van der Waals surface area (Å²) in [6.45, 7) is 5.26. The van der Waals surface area contributed by atoms with Crippen molar-refractivity contribution in [2.24, 2.45) is 0 Å². The van der Waals surface area contributed by atoms with Gasteiger partial charge in [-0.2, -0.15) is 4.98 Å². The fourth-order valence-electron chi connectivity index (χ4n) is 3.45. The number of ether oxygens (including phenoxy) is 2. The second kappa shape index (κ2) is 8.52. The molecule has 2 heterocycles. The van der Waals surface area contributed by atoms with Crippen molar-refractivity contribution in [2.75, 3.05) is 24.7 Å². The molecular weight excluding hydrogens is 389 g/mol. The number of hydrogen-bond donors (Lipinski definition) is 0. The van der Waals surface area contributed by atoms with E-state index in [1.54, 1.807) is 23.1 Å². The Balaban J connectivity index is 1.54. The summed E-state index contributed by atoms with van der Waals surface area (Å²) in [6.07, 6.45) is 0.268. The van der Waals surface area contributed by atoms with Crippen molar-refractivity contribution in [3.8, 4) is 23.0 Å². The van der Waals surface area contributed by atoms with Crippen LogP contribution in [0.3, 0.4) is 0 Å². The highest BCUT2D eigenvalue weighted by Crippen LogP contribution is 2.34. The predicted molar refractivity (Wildman–Crippen MR) is 108 cm³/mol. The Bertz CT molecular complexity index is 1040. The van der Waals surface area contributed by atoms with Gasteiger partial charge in [0.2, 0.25) is 5.91 Å². The van der Waals surface area contributed by atoms with Crippen LogP contribution in [0.4, 0.5) is 10.1 Å². The van der Waals surface area contributed by atoms with Gasteiger partial charge in [0.15, 0.2) is 17.3 Å². The summed E-state index contributed by atoms with van der Waals surface area (Å²) in [5.74, 6) is 1.48. The highest BCUT2D eigenvalue weighted by atomic mass is 19.1. The molecule has 0 saturated carbocycles. The van der Waals surface area contributed by atoms with Crippen LogP contribution >= 0.6 is 0 Å². The molecule has 1 saturated heterocycles. The van der Waals surface area contributed by atoms with Crippen molar-refractivity contribution in [2.45, 2.75) is 26.2 Å². The molecule has 0 bridgehead atoms. The summed E-state index contributed by atoms with van der Waals surface area (Å²) in [4.78, 5) is 18.6. The summed E-state index contributed by atoms with van der Waals surface area (Å²) in [5, 5.41) is 4.09. The molecule has 1 fully saturated rings. The van der Waals surface area contributed by atoms with E-state index in [4.69, 9.17) is 14.0 Å². The van der Waals surface area contributed by atoms with Crippen LogP contribution in [0.15, 0.2) is 47.0 Å². The number of carbonyl (C=O) groups excluding carboxylic acids is 1. The smallest absolute Gasteiger partial charge is 0.258 e. The Labute approximate surface area is 173 Å². The normalized spacial score (nSPS) is 16.2. The topological polar surface area (TPSA) is 77.7 Å². The van der Waals surface area contributed by atoms with Crippen LogP contribution in [-0.4, -0.2) is 35.8 Å². The molecule has 0 aliphatic carbocycles. The van der Waals surface area contributed by atoms with Crippen LogP contribution in [0, 0.1) is 5.82 Å². The lowest BCUT2D eigenvalue weighted by Crippen LogP contribution is -2.24. The van der Waals surface area contributed by atoms with Crippen LogP contribution in [-0.2, 0) is 4.79 Å². The lowest BCUT2D eigenvalue weighted by atomic mass is 10.1. The van der Waals surface area contributed by atoms with Gasteiger partial charge in [-0.1, -0.05) is 5.16 Å². The van der Waals surface area contributed by atoms with Gasteiger partial charge in [-0.3, -0.25) is 4.79 Å². The zero-order chi connectivity index (χ0) is 21.1. The van der Waals surface area contributed by atoms with Gasteiger partial charge in [-0.25, -0.2) is 4.39 Å². The zero-order valence-corrected chi connectivity index (χ0v) is 16.8. The minimum Gasteiger partial charge on any atom is -0.490 e. The average Bonchev–Trinajstić information content (AvgIpc) is 3.37. The van der Waals surface area contributed by atoms with Crippen LogP contribution in [0.2, 0.25) is 0 Å². The van der Waals surface area contributed by atoms with Gasteiger partial charge in [0, 0.05) is 30.1 Å². The lowest BCUT2D eigenvalue weighted by Gasteiger charge is -2.15. The van der Waals surface area contributed by atoms with E-state index in [0.717, 1.165) is 0 Å². The molecule has 0 unspecified atom stereocenters. The molecule has 3 aromatic rings. The van der Waals surface area contributed by atoms with E-state index in [2.05, 4.69) is 10.1 Å². The molecule has 0 N–H and O–H groups in total. The van der Waals surface area contributed by atoms with Crippen molar-refractivity contribution in [3.05, 3.63) is 54.1 Å².